The molecule has 1 aliphatic rings. The zero-order valence-electron chi connectivity index (χ0n) is 7.43. The van der Waals surface area contributed by atoms with Gasteiger partial charge in [0.1, 0.15) is 5.54 Å². The number of nitrogens with two attached hydrogens (primary N) is 1. The fourth-order valence-electron chi connectivity index (χ4n) is 1.93. The van der Waals surface area contributed by atoms with Crippen molar-refractivity contribution >= 4 is 0 Å². The summed E-state index contributed by atoms with van der Waals surface area (Å²) in [6, 6.07) is 6.50. The van der Waals surface area contributed by atoms with Gasteiger partial charge in [0.15, 0.2) is 0 Å². The van der Waals surface area contributed by atoms with Crippen LogP contribution in [0.2, 0.25) is 0 Å². The molecule has 0 bridgehead atoms. The van der Waals surface area contributed by atoms with Gasteiger partial charge in [0, 0.05) is 0 Å². The molecule has 0 aromatic heterocycles. The van der Waals surface area contributed by atoms with Crippen molar-refractivity contribution < 1.29 is 13.2 Å². The zero-order valence-corrected chi connectivity index (χ0v) is 7.43. The van der Waals surface area contributed by atoms with Gasteiger partial charge in [-0.3, -0.25) is 0 Å². The molecule has 0 radical (unpaired) electrons. The monoisotopic (exact) mass is 201 g/mol. The third kappa shape index (κ3) is 1.14. The molecule has 0 heterocycles. The molecule has 4 heteroatoms. The van der Waals surface area contributed by atoms with Crippen molar-refractivity contribution in [1.82, 2.24) is 0 Å². The summed E-state index contributed by atoms with van der Waals surface area (Å²) in [7, 11) is 0. The minimum Gasteiger partial charge on any atom is -0.314 e. The number of benzene rings is 1. The van der Waals surface area contributed by atoms with E-state index < -0.39 is 11.7 Å². The number of rotatable bonds is 0. The van der Waals surface area contributed by atoms with Crippen molar-refractivity contribution in [2.75, 3.05) is 0 Å². The van der Waals surface area contributed by atoms with Crippen LogP contribution >= 0.6 is 0 Å². The van der Waals surface area contributed by atoms with Crippen LogP contribution < -0.4 is 5.73 Å². The van der Waals surface area contributed by atoms with Crippen LogP contribution in [0.4, 0.5) is 13.2 Å². The van der Waals surface area contributed by atoms with E-state index >= 15 is 0 Å². The average molecular weight is 201 g/mol. The Morgan fingerprint density at radius 1 is 1.21 bits per heavy atom. The summed E-state index contributed by atoms with van der Waals surface area (Å²) in [4.78, 5) is 0. The molecule has 0 spiro atoms. The average Bonchev–Trinajstić information content (AvgIpc) is 2.45. The SMILES string of the molecule is NC1(C(F)(F)F)CCc2ccccc21. The first-order chi connectivity index (χ1) is 6.45. The second kappa shape index (κ2) is 2.73. The first kappa shape index (κ1) is 9.52. The lowest BCUT2D eigenvalue weighted by Crippen LogP contribution is -2.48. The van der Waals surface area contributed by atoms with E-state index in [-0.39, 0.29) is 12.0 Å². The highest BCUT2D eigenvalue weighted by Gasteiger charge is 2.55. The summed E-state index contributed by atoms with van der Waals surface area (Å²) >= 11 is 0. The maximum Gasteiger partial charge on any atom is 0.410 e. The molecule has 1 atom stereocenters. The van der Waals surface area contributed by atoms with Crippen molar-refractivity contribution in [1.29, 1.82) is 0 Å². The van der Waals surface area contributed by atoms with E-state index in [0.29, 0.717) is 12.0 Å². The second-order valence-corrected chi connectivity index (χ2v) is 3.63. The normalized spacial score (nSPS) is 26.3. The first-order valence-corrected chi connectivity index (χ1v) is 4.39. The Morgan fingerprint density at radius 2 is 1.86 bits per heavy atom. The second-order valence-electron chi connectivity index (χ2n) is 3.63. The molecule has 0 amide bonds. The molecular formula is C10H10F3N. The van der Waals surface area contributed by atoms with Gasteiger partial charge in [-0.1, -0.05) is 24.3 Å². The van der Waals surface area contributed by atoms with E-state index in [1.807, 2.05) is 0 Å². The third-order valence-corrected chi connectivity index (χ3v) is 2.79. The fraction of sp³-hybridized carbons (Fsp3) is 0.400. The lowest BCUT2D eigenvalue weighted by molar-refractivity contribution is -0.188. The molecule has 1 aliphatic carbocycles. The van der Waals surface area contributed by atoms with E-state index in [9.17, 15) is 13.2 Å². The van der Waals surface area contributed by atoms with Crippen LogP contribution in [-0.2, 0) is 12.0 Å². The Labute approximate surface area is 79.7 Å². The van der Waals surface area contributed by atoms with Crippen LogP contribution in [0.1, 0.15) is 17.5 Å². The Kier molecular flexibility index (Phi) is 1.86. The fourth-order valence-corrected chi connectivity index (χ4v) is 1.93. The first-order valence-electron chi connectivity index (χ1n) is 4.39. The van der Waals surface area contributed by atoms with Crippen molar-refractivity contribution in [2.24, 2.45) is 5.73 Å². The number of hydrogen-bond acceptors (Lipinski definition) is 1. The molecule has 1 unspecified atom stereocenters. The highest BCUT2D eigenvalue weighted by molar-refractivity contribution is 5.39. The minimum absolute atomic E-state index is 0.0458. The van der Waals surface area contributed by atoms with Crippen LogP contribution in [0.5, 0.6) is 0 Å². The van der Waals surface area contributed by atoms with Crippen LogP contribution in [0.3, 0.4) is 0 Å². The minimum atomic E-state index is -4.36. The van der Waals surface area contributed by atoms with E-state index in [2.05, 4.69) is 0 Å². The topological polar surface area (TPSA) is 26.0 Å². The molecule has 1 nitrogen and oxygen atoms in total. The predicted molar refractivity (Wildman–Crippen MR) is 46.7 cm³/mol. The molecule has 0 aliphatic heterocycles. The number of halogens is 3. The molecule has 2 N–H and O–H groups in total. The van der Waals surface area contributed by atoms with Gasteiger partial charge in [-0.15, -0.1) is 0 Å². The van der Waals surface area contributed by atoms with Gasteiger partial charge in [0.05, 0.1) is 0 Å². The maximum atomic E-state index is 12.7. The molecule has 2 rings (SSSR count). The predicted octanol–water partition coefficient (Wildman–Crippen LogP) is 2.35. The van der Waals surface area contributed by atoms with Crippen molar-refractivity contribution in [3.05, 3.63) is 35.4 Å². The molecule has 0 saturated heterocycles. The van der Waals surface area contributed by atoms with Crippen molar-refractivity contribution in [3.8, 4) is 0 Å². The molecule has 76 valence electrons. The van der Waals surface area contributed by atoms with Gasteiger partial charge < -0.3 is 5.73 Å². The Morgan fingerprint density at radius 3 is 2.50 bits per heavy atom. The summed E-state index contributed by atoms with van der Waals surface area (Å²) < 4.78 is 38.1. The summed E-state index contributed by atoms with van der Waals surface area (Å²) in [5, 5.41) is 0. The third-order valence-electron chi connectivity index (χ3n) is 2.79. The number of alkyl halides is 3. The smallest absolute Gasteiger partial charge is 0.314 e. The van der Waals surface area contributed by atoms with Crippen molar-refractivity contribution in [3.63, 3.8) is 0 Å². The van der Waals surface area contributed by atoms with Gasteiger partial charge in [-0.2, -0.15) is 13.2 Å². The van der Waals surface area contributed by atoms with Crippen LogP contribution in [0.25, 0.3) is 0 Å². The van der Waals surface area contributed by atoms with Gasteiger partial charge in [0.25, 0.3) is 0 Å². The van der Waals surface area contributed by atoms with Crippen LogP contribution in [0, 0.1) is 0 Å². The molecule has 0 saturated carbocycles. The quantitative estimate of drug-likeness (QED) is 0.685. The highest BCUT2D eigenvalue weighted by atomic mass is 19.4. The summed E-state index contributed by atoms with van der Waals surface area (Å²) in [6.45, 7) is 0. The summed E-state index contributed by atoms with van der Waals surface area (Å²) in [5.74, 6) is 0. The lowest BCUT2D eigenvalue weighted by Gasteiger charge is -2.28. The maximum absolute atomic E-state index is 12.7. The Hall–Kier alpha value is -1.03. The molecule has 14 heavy (non-hydrogen) atoms. The van der Waals surface area contributed by atoms with E-state index in [1.165, 1.54) is 6.07 Å². The summed E-state index contributed by atoms with van der Waals surface area (Å²) in [6.07, 6.45) is -4.00. The summed E-state index contributed by atoms with van der Waals surface area (Å²) in [5.41, 5.74) is 4.23. The van der Waals surface area contributed by atoms with E-state index in [0.717, 1.165) is 0 Å². The Balaban J connectivity index is 2.53. The van der Waals surface area contributed by atoms with Gasteiger partial charge in [0.2, 0.25) is 0 Å². The number of hydrogen-bond donors (Lipinski definition) is 1. The molecule has 1 aromatic rings. The molecular weight excluding hydrogens is 191 g/mol. The van der Waals surface area contributed by atoms with Crippen LogP contribution in [0.15, 0.2) is 24.3 Å². The van der Waals surface area contributed by atoms with Crippen LogP contribution in [-0.4, -0.2) is 6.18 Å². The van der Waals surface area contributed by atoms with E-state index in [4.69, 9.17) is 5.73 Å². The van der Waals surface area contributed by atoms with E-state index in [1.54, 1.807) is 18.2 Å². The number of aryl methyl sites for hydroxylation is 1. The zero-order chi connectivity index (χ0) is 10.4. The van der Waals surface area contributed by atoms with Gasteiger partial charge in [-0.25, -0.2) is 0 Å². The van der Waals surface area contributed by atoms with Crippen molar-refractivity contribution in [2.45, 2.75) is 24.6 Å². The van der Waals surface area contributed by atoms with Gasteiger partial charge >= 0.3 is 6.18 Å². The Bertz CT molecular complexity index is 359. The largest absolute Gasteiger partial charge is 0.410 e. The highest BCUT2D eigenvalue weighted by Crippen LogP contribution is 2.45. The number of fused-ring (bicyclic) bond motifs is 1. The molecule has 1 aromatic carbocycles. The van der Waals surface area contributed by atoms with Gasteiger partial charge in [-0.05, 0) is 24.0 Å². The standard InChI is InChI=1S/C10H10F3N/c11-10(12,13)9(14)6-5-7-3-1-2-4-8(7)9/h1-4H,5-6,14H2. The molecule has 0 fully saturated rings. The lowest BCUT2D eigenvalue weighted by atomic mass is 9.92.